The van der Waals surface area contributed by atoms with Crippen molar-refractivity contribution in [1.29, 1.82) is 0 Å². The first-order chi connectivity index (χ1) is 18.7. The van der Waals surface area contributed by atoms with Gasteiger partial charge in [-0.25, -0.2) is 17.6 Å². The van der Waals surface area contributed by atoms with Gasteiger partial charge in [0.1, 0.15) is 22.8 Å². The number of amides is 1. The number of carbonyl (C=O) groups excluding carboxylic acids is 2. The second kappa shape index (κ2) is 11.0. The predicted molar refractivity (Wildman–Crippen MR) is 154 cm³/mol. The number of esters is 1. The molecule has 1 aromatic heterocycles. The third kappa shape index (κ3) is 6.76. The molecule has 0 spiro atoms. The number of fused-ring (bicyclic) bond motifs is 1. The highest BCUT2D eigenvalue weighted by molar-refractivity contribution is 7.92. The molecule has 3 aromatic carbocycles. The molecule has 0 atom stereocenters. The topological polar surface area (TPSA) is 115 Å². The lowest BCUT2D eigenvalue weighted by molar-refractivity contribution is -0.148. The van der Waals surface area contributed by atoms with E-state index in [2.05, 4.69) is 10.0 Å². The Morgan fingerprint density at radius 1 is 0.975 bits per heavy atom. The van der Waals surface area contributed by atoms with Crippen LogP contribution in [0.3, 0.4) is 0 Å². The monoisotopic (exact) mass is 564 g/mol. The number of ether oxygens (including phenoxy) is 1. The van der Waals surface area contributed by atoms with Gasteiger partial charge in [-0.2, -0.15) is 0 Å². The Morgan fingerprint density at radius 2 is 1.60 bits per heavy atom. The van der Waals surface area contributed by atoms with E-state index in [0.717, 1.165) is 11.8 Å². The van der Waals surface area contributed by atoms with Crippen LogP contribution in [0, 0.1) is 5.82 Å². The number of benzene rings is 3. The lowest BCUT2D eigenvalue weighted by atomic mass is 9.98. The third-order valence-electron chi connectivity index (χ3n) is 5.72. The van der Waals surface area contributed by atoms with E-state index in [1.807, 2.05) is 0 Å². The second-order valence-electron chi connectivity index (χ2n) is 10.1. The summed E-state index contributed by atoms with van der Waals surface area (Å²) in [4.78, 5) is 25.0. The van der Waals surface area contributed by atoms with Gasteiger partial charge in [-0.15, -0.1) is 0 Å². The Kier molecular flexibility index (Phi) is 7.84. The molecule has 0 unspecified atom stereocenters. The Labute approximate surface area is 231 Å². The zero-order valence-electron chi connectivity index (χ0n) is 22.7. The Morgan fingerprint density at radius 3 is 2.17 bits per heavy atom. The van der Waals surface area contributed by atoms with E-state index in [-0.39, 0.29) is 22.6 Å². The summed E-state index contributed by atoms with van der Waals surface area (Å²) in [5, 5.41) is 3.05. The summed E-state index contributed by atoms with van der Waals surface area (Å²) in [5.74, 6) is -1.11. The molecule has 0 aliphatic rings. The average Bonchev–Trinajstić information content (AvgIpc) is 3.23. The maximum atomic E-state index is 13.6. The fourth-order valence-electron chi connectivity index (χ4n) is 4.09. The quantitative estimate of drug-likeness (QED) is 0.210. The van der Waals surface area contributed by atoms with Crippen LogP contribution in [0.4, 0.5) is 10.1 Å². The summed E-state index contributed by atoms with van der Waals surface area (Å²) in [6.45, 7) is 5.35. The lowest BCUT2D eigenvalue weighted by Crippen LogP contribution is -2.22. The van der Waals surface area contributed by atoms with Crippen molar-refractivity contribution in [2.24, 2.45) is 0 Å². The van der Waals surface area contributed by atoms with Crippen molar-refractivity contribution in [3.8, 4) is 22.5 Å². The number of halogens is 1. The van der Waals surface area contributed by atoms with E-state index in [0.29, 0.717) is 22.1 Å². The number of hydrogen-bond acceptors (Lipinski definition) is 6. The second-order valence-corrected chi connectivity index (χ2v) is 11.9. The van der Waals surface area contributed by atoms with E-state index in [4.69, 9.17) is 9.15 Å². The molecule has 0 saturated carbocycles. The van der Waals surface area contributed by atoms with Crippen molar-refractivity contribution in [2.45, 2.75) is 26.4 Å². The molecule has 4 rings (SSSR count). The molecule has 0 aliphatic carbocycles. The van der Waals surface area contributed by atoms with Crippen molar-refractivity contribution >= 4 is 44.6 Å². The molecule has 4 aromatic rings. The number of rotatable bonds is 7. The van der Waals surface area contributed by atoms with Crippen molar-refractivity contribution in [1.82, 2.24) is 5.32 Å². The highest BCUT2D eigenvalue weighted by Gasteiger charge is 2.24. The molecule has 40 heavy (non-hydrogen) atoms. The van der Waals surface area contributed by atoms with Crippen LogP contribution in [-0.2, 0) is 19.6 Å². The minimum Gasteiger partial charge on any atom is -0.457 e. The zero-order valence-corrected chi connectivity index (χ0v) is 23.5. The van der Waals surface area contributed by atoms with Crippen LogP contribution in [0.2, 0.25) is 0 Å². The SMILES string of the molecule is CNC(=O)c1c(-c2ccc(F)cc2)oc2cc(NS(C)(=O)=O)c(-c3ccc(/C=C/C(=O)OC(C)(C)C)cc3)cc12. The number of furan rings is 1. The molecule has 0 bridgehead atoms. The maximum absolute atomic E-state index is 13.6. The fraction of sp³-hybridized carbons (Fsp3) is 0.200. The van der Waals surface area contributed by atoms with Gasteiger partial charge in [0.05, 0.1) is 17.5 Å². The number of sulfonamides is 1. The molecular formula is C30H29FN2O6S. The van der Waals surface area contributed by atoms with E-state index in [9.17, 15) is 22.4 Å². The fourth-order valence-corrected chi connectivity index (χ4v) is 4.66. The van der Waals surface area contributed by atoms with Gasteiger partial charge in [0.15, 0.2) is 0 Å². The van der Waals surface area contributed by atoms with E-state index in [1.165, 1.54) is 43.5 Å². The number of carbonyl (C=O) groups is 2. The summed E-state index contributed by atoms with van der Waals surface area (Å²) >= 11 is 0. The summed E-state index contributed by atoms with van der Waals surface area (Å²) in [6.07, 6.45) is 3.99. The van der Waals surface area contributed by atoms with Crippen LogP contribution in [-0.4, -0.2) is 39.2 Å². The first-order valence-corrected chi connectivity index (χ1v) is 14.2. The first kappa shape index (κ1) is 28.6. The molecule has 2 N–H and O–H groups in total. The van der Waals surface area contributed by atoms with Crippen LogP contribution in [0.25, 0.3) is 39.5 Å². The Hall–Kier alpha value is -4.44. The van der Waals surface area contributed by atoms with Gasteiger partial charge in [-0.05, 0) is 68.3 Å². The highest BCUT2D eigenvalue weighted by Crippen LogP contribution is 2.40. The lowest BCUT2D eigenvalue weighted by Gasteiger charge is -2.17. The van der Waals surface area contributed by atoms with Gasteiger partial charge in [0, 0.05) is 35.7 Å². The van der Waals surface area contributed by atoms with Crippen LogP contribution >= 0.6 is 0 Å². The van der Waals surface area contributed by atoms with Crippen LogP contribution < -0.4 is 10.0 Å². The van der Waals surface area contributed by atoms with Crippen LogP contribution in [0.5, 0.6) is 0 Å². The number of hydrogen-bond donors (Lipinski definition) is 2. The molecule has 1 heterocycles. The van der Waals surface area contributed by atoms with Crippen LogP contribution in [0.15, 0.2) is 71.2 Å². The van der Waals surface area contributed by atoms with Crippen molar-refractivity contribution in [3.05, 3.63) is 83.7 Å². The van der Waals surface area contributed by atoms with Gasteiger partial charge in [0.2, 0.25) is 10.0 Å². The first-order valence-electron chi connectivity index (χ1n) is 12.3. The number of nitrogens with one attached hydrogen (secondary N) is 2. The molecule has 0 aliphatic heterocycles. The maximum Gasteiger partial charge on any atom is 0.331 e. The summed E-state index contributed by atoms with van der Waals surface area (Å²) in [5.41, 5.74) is 2.49. The number of anilines is 1. The summed E-state index contributed by atoms with van der Waals surface area (Å²) in [6, 6.07) is 15.8. The molecule has 10 heteroatoms. The normalized spacial score (nSPS) is 12.1. The van der Waals surface area contributed by atoms with Crippen molar-refractivity contribution in [3.63, 3.8) is 0 Å². The molecule has 0 fully saturated rings. The van der Waals surface area contributed by atoms with Gasteiger partial charge >= 0.3 is 5.97 Å². The van der Waals surface area contributed by atoms with Gasteiger partial charge in [0.25, 0.3) is 5.91 Å². The molecule has 1 amide bonds. The Bertz CT molecular complexity index is 1720. The van der Waals surface area contributed by atoms with Gasteiger partial charge in [-0.1, -0.05) is 24.3 Å². The zero-order chi connectivity index (χ0) is 29.2. The van der Waals surface area contributed by atoms with Crippen LogP contribution in [0.1, 0.15) is 36.7 Å². The summed E-state index contributed by atoms with van der Waals surface area (Å²) in [7, 11) is -2.19. The van der Waals surface area contributed by atoms with E-state index in [1.54, 1.807) is 57.2 Å². The van der Waals surface area contributed by atoms with Gasteiger partial charge < -0.3 is 14.5 Å². The van der Waals surface area contributed by atoms with Crippen molar-refractivity contribution < 1.29 is 31.6 Å². The minimum absolute atomic E-state index is 0.222. The molecular weight excluding hydrogens is 535 g/mol. The smallest absolute Gasteiger partial charge is 0.331 e. The highest BCUT2D eigenvalue weighted by atomic mass is 32.2. The third-order valence-corrected chi connectivity index (χ3v) is 6.32. The Balaban J connectivity index is 1.83. The van der Waals surface area contributed by atoms with E-state index < -0.39 is 33.3 Å². The molecule has 0 saturated heterocycles. The largest absolute Gasteiger partial charge is 0.457 e. The molecule has 208 valence electrons. The predicted octanol–water partition coefficient (Wildman–Crippen LogP) is 5.99. The van der Waals surface area contributed by atoms with Crippen molar-refractivity contribution in [2.75, 3.05) is 18.0 Å². The standard InChI is InChI=1S/C30H29FN2O6S/c1-30(2,3)39-26(34)15-8-18-6-9-19(10-7-18)22-16-23-25(17-24(22)33-40(5,36)37)38-28(27(23)29(35)32-4)20-11-13-21(31)14-12-20/h6-17,33H,1-5H3,(H,32,35)/b15-8+. The molecule has 8 nitrogen and oxygen atoms in total. The summed E-state index contributed by atoms with van der Waals surface area (Å²) < 4.78 is 51.8. The minimum atomic E-state index is -3.67. The molecule has 0 radical (unpaired) electrons. The van der Waals surface area contributed by atoms with E-state index >= 15 is 0 Å². The van der Waals surface area contributed by atoms with Gasteiger partial charge in [-0.3, -0.25) is 9.52 Å². The average molecular weight is 565 g/mol.